The Hall–Kier alpha value is -1.32. The number of nitrogens with two attached hydrogens (primary N) is 1. The smallest absolute Gasteiger partial charge is 0.172 e. The molecule has 0 saturated heterocycles. The van der Waals surface area contributed by atoms with Gasteiger partial charge in [0.2, 0.25) is 0 Å². The van der Waals surface area contributed by atoms with Crippen molar-refractivity contribution < 1.29 is 4.79 Å². The van der Waals surface area contributed by atoms with Gasteiger partial charge in [-0.25, -0.2) is 0 Å². The minimum absolute atomic E-state index is 0.135. The van der Waals surface area contributed by atoms with Crippen LogP contribution in [0.2, 0.25) is 0 Å². The number of nitrogens with zero attached hydrogens (tertiary/aromatic N) is 1. The van der Waals surface area contributed by atoms with E-state index >= 15 is 0 Å². The molecule has 0 unspecified atom stereocenters. The highest BCUT2D eigenvalue weighted by molar-refractivity contribution is 6.26. The summed E-state index contributed by atoms with van der Waals surface area (Å²) in [6.07, 6.45) is 1.12. The molecule has 0 bridgehead atoms. The maximum atomic E-state index is 10.2. The highest BCUT2D eigenvalue weighted by Gasteiger charge is 1.80. The van der Waals surface area contributed by atoms with Gasteiger partial charge >= 0.3 is 0 Å². The van der Waals surface area contributed by atoms with E-state index in [1.807, 2.05) is 0 Å². The summed E-state index contributed by atoms with van der Waals surface area (Å²) in [6, 6.07) is 0. The normalized spacial score (nSPS) is 9.44. The number of carbonyl (C=O) groups excluding carboxylic acids is 1. The quantitative estimate of drug-likeness (QED) is 0.399. The zero-order valence-corrected chi connectivity index (χ0v) is 5.22. The minimum atomic E-state index is -0.135. The van der Waals surface area contributed by atoms with Crippen molar-refractivity contribution in [1.29, 1.82) is 0 Å². The van der Waals surface area contributed by atoms with E-state index in [9.17, 15) is 4.79 Å². The number of nitrogens with one attached hydrogen (secondary N) is 1. The topological polar surface area (TPSA) is 67.5 Å². The number of hydrazone groups is 1. The Balaban J connectivity index is 3.48. The van der Waals surface area contributed by atoms with Crippen LogP contribution in [0, 0.1) is 0 Å². The average Bonchev–Trinajstić information content (AvgIpc) is 1.63. The van der Waals surface area contributed by atoms with Crippen molar-refractivity contribution in [3.05, 3.63) is 12.4 Å². The van der Waals surface area contributed by atoms with Gasteiger partial charge in [-0.3, -0.25) is 10.2 Å². The van der Waals surface area contributed by atoms with Gasteiger partial charge in [0, 0.05) is 6.92 Å². The SMILES string of the molecule is C=C(N)N/N=C/C(C)=O. The molecule has 0 rings (SSSR count). The van der Waals surface area contributed by atoms with Crippen LogP contribution in [0.3, 0.4) is 0 Å². The van der Waals surface area contributed by atoms with E-state index in [0.717, 1.165) is 6.21 Å². The van der Waals surface area contributed by atoms with Gasteiger partial charge in [-0.15, -0.1) is 0 Å². The second-order valence-corrected chi connectivity index (χ2v) is 1.51. The number of ketones is 1. The summed E-state index contributed by atoms with van der Waals surface area (Å²) < 4.78 is 0. The second-order valence-electron chi connectivity index (χ2n) is 1.51. The predicted octanol–water partition coefficient (Wildman–Crippen LogP) is -0.419. The minimum Gasteiger partial charge on any atom is -0.385 e. The molecule has 0 aliphatic carbocycles. The number of hydrogen-bond donors (Lipinski definition) is 2. The molecule has 0 atom stereocenters. The van der Waals surface area contributed by atoms with E-state index in [2.05, 4.69) is 17.1 Å². The van der Waals surface area contributed by atoms with E-state index < -0.39 is 0 Å². The maximum Gasteiger partial charge on any atom is 0.172 e. The molecule has 0 radical (unpaired) electrons. The summed E-state index contributed by atoms with van der Waals surface area (Å²) in [7, 11) is 0. The fraction of sp³-hybridized carbons (Fsp3) is 0.200. The Morgan fingerprint density at radius 3 is 2.78 bits per heavy atom. The molecular formula is C5H9N3O. The third-order valence-corrected chi connectivity index (χ3v) is 0.455. The van der Waals surface area contributed by atoms with Crippen molar-refractivity contribution in [3.8, 4) is 0 Å². The van der Waals surface area contributed by atoms with E-state index in [-0.39, 0.29) is 11.6 Å². The summed E-state index contributed by atoms with van der Waals surface area (Å²) in [6.45, 7) is 4.69. The van der Waals surface area contributed by atoms with E-state index in [4.69, 9.17) is 5.73 Å². The Labute approximate surface area is 53.4 Å². The van der Waals surface area contributed by atoms with Crippen LogP contribution in [-0.4, -0.2) is 12.0 Å². The Bertz CT molecular complexity index is 150. The molecule has 0 aliphatic heterocycles. The Morgan fingerprint density at radius 1 is 1.89 bits per heavy atom. The van der Waals surface area contributed by atoms with Gasteiger partial charge in [-0.1, -0.05) is 6.58 Å². The Morgan fingerprint density at radius 2 is 2.44 bits per heavy atom. The molecule has 3 N–H and O–H groups in total. The highest BCUT2D eigenvalue weighted by atomic mass is 16.1. The molecule has 0 aromatic rings. The molecule has 50 valence electrons. The fourth-order valence-electron chi connectivity index (χ4n) is 0.206. The Kier molecular flexibility index (Phi) is 3.12. The molecular weight excluding hydrogens is 118 g/mol. The van der Waals surface area contributed by atoms with Crippen LogP contribution in [0.15, 0.2) is 17.5 Å². The first-order chi connectivity index (χ1) is 4.13. The molecule has 0 amide bonds. The fourth-order valence-corrected chi connectivity index (χ4v) is 0.206. The second kappa shape index (κ2) is 3.65. The lowest BCUT2D eigenvalue weighted by Gasteiger charge is -1.92. The highest BCUT2D eigenvalue weighted by Crippen LogP contribution is 1.65. The summed E-state index contributed by atoms with van der Waals surface area (Å²) in [5.74, 6) is 0.0799. The molecule has 4 nitrogen and oxygen atoms in total. The van der Waals surface area contributed by atoms with Crippen molar-refractivity contribution in [1.82, 2.24) is 5.43 Å². The zero-order chi connectivity index (χ0) is 7.28. The number of Topliss-reactive ketones (excluding diaryl/α,β-unsaturated/α-hetero) is 1. The largest absolute Gasteiger partial charge is 0.385 e. The summed E-state index contributed by atoms with van der Waals surface area (Å²) in [5, 5.41) is 3.42. The number of rotatable bonds is 3. The molecule has 0 aromatic carbocycles. The molecule has 4 heteroatoms. The van der Waals surface area contributed by atoms with Crippen LogP contribution in [0.1, 0.15) is 6.92 Å². The van der Waals surface area contributed by atoms with Crippen LogP contribution in [0.25, 0.3) is 0 Å². The van der Waals surface area contributed by atoms with Gasteiger partial charge in [-0.2, -0.15) is 5.10 Å². The predicted molar refractivity (Wildman–Crippen MR) is 35.6 cm³/mol. The third-order valence-electron chi connectivity index (χ3n) is 0.455. The van der Waals surface area contributed by atoms with Gasteiger partial charge in [0.1, 0.15) is 5.82 Å². The first kappa shape index (κ1) is 7.68. The van der Waals surface area contributed by atoms with E-state index in [1.54, 1.807) is 0 Å². The molecule has 0 fully saturated rings. The lowest BCUT2D eigenvalue weighted by Crippen LogP contribution is -2.13. The van der Waals surface area contributed by atoms with Crippen molar-refractivity contribution in [3.63, 3.8) is 0 Å². The number of carbonyl (C=O) groups is 1. The molecule has 0 spiro atoms. The van der Waals surface area contributed by atoms with E-state index in [1.165, 1.54) is 6.92 Å². The van der Waals surface area contributed by atoms with Gasteiger partial charge in [0.25, 0.3) is 0 Å². The zero-order valence-electron chi connectivity index (χ0n) is 5.22. The van der Waals surface area contributed by atoms with Crippen LogP contribution in [0.4, 0.5) is 0 Å². The van der Waals surface area contributed by atoms with Crippen molar-refractivity contribution in [2.24, 2.45) is 10.8 Å². The van der Waals surface area contributed by atoms with Gasteiger partial charge in [-0.05, 0) is 0 Å². The van der Waals surface area contributed by atoms with Crippen molar-refractivity contribution in [2.45, 2.75) is 6.92 Å². The first-order valence-corrected chi connectivity index (χ1v) is 2.37. The van der Waals surface area contributed by atoms with Crippen molar-refractivity contribution in [2.75, 3.05) is 0 Å². The monoisotopic (exact) mass is 127 g/mol. The summed E-state index contributed by atoms with van der Waals surface area (Å²) in [4.78, 5) is 10.2. The summed E-state index contributed by atoms with van der Waals surface area (Å²) in [5.41, 5.74) is 7.36. The van der Waals surface area contributed by atoms with E-state index in [0.29, 0.717) is 0 Å². The van der Waals surface area contributed by atoms with Crippen molar-refractivity contribution >= 4 is 12.0 Å². The molecule has 9 heavy (non-hydrogen) atoms. The molecule has 0 aliphatic rings. The van der Waals surface area contributed by atoms with Gasteiger partial charge in [0.05, 0.1) is 6.21 Å². The average molecular weight is 127 g/mol. The molecule has 0 aromatic heterocycles. The lowest BCUT2D eigenvalue weighted by molar-refractivity contribution is -0.110. The van der Waals surface area contributed by atoms with Gasteiger partial charge < -0.3 is 5.73 Å². The maximum absolute atomic E-state index is 10.2. The van der Waals surface area contributed by atoms with Gasteiger partial charge in [0.15, 0.2) is 5.78 Å². The van der Waals surface area contributed by atoms with Crippen LogP contribution in [-0.2, 0) is 4.79 Å². The molecule has 0 saturated carbocycles. The van der Waals surface area contributed by atoms with Crippen LogP contribution < -0.4 is 11.2 Å². The standard InChI is InChI=1S/C5H9N3O/c1-4(9)3-7-8-5(2)6/h3,8H,2,6H2,1H3/b7-3+. The van der Waals surface area contributed by atoms with Crippen LogP contribution in [0.5, 0.6) is 0 Å². The number of hydrogen-bond acceptors (Lipinski definition) is 4. The molecule has 0 heterocycles. The first-order valence-electron chi connectivity index (χ1n) is 2.37. The summed E-state index contributed by atoms with van der Waals surface area (Å²) >= 11 is 0. The lowest BCUT2D eigenvalue weighted by atomic mass is 10.5. The van der Waals surface area contributed by atoms with Crippen LogP contribution >= 0.6 is 0 Å². The third kappa shape index (κ3) is 6.68.